The molecule has 8 heteroatoms. The highest BCUT2D eigenvalue weighted by Gasteiger charge is 2.19. The Morgan fingerprint density at radius 3 is 2.21 bits per heavy atom. The minimum Gasteiger partial charge on any atom is -0.325 e. The fraction of sp³-hybridized carbons (Fsp3) is 0.200. The van der Waals surface area contributed by atoms with Gasteiger partial charge in [-0.05, 0) is 78.9 Å². The van der Waals surface area contributed by atoms with Crippen LogP contribution in [0.2, 0.25) is 0 Å². The minimum atomic E-state index is -0.109. The summed E-state index contributed by atoms with van der Waals surface area (Å²) >= 11 is 3.04. The minimum absolute atomic E-state index is 0.0621. The number of anilines is 1. The predicted octanol–water partition coefficient (Wildman–Crippen LogP) is 8.86. The standard InChI is InChI=1S/C35H33N5OS2/c1-22-6-17-28(18-7-22)40-32(24-9-13-26(14-10-24)35(3,4)5)38-39-34(40)42-21-31(41)36-27-15-11-25(12-16-27)33-37-29-19-8-23(2)20-30(29)43-33/h6-20H,21H2,1-5H3,(H,36,41). The van der Waals surface area contributed by atoms with Crippen LogP contribution in [0.5, 0.6) is 0 Å². The van der Waals surface area contributed by atoms with Crippen LogP contribution in [0.4, 0.5) is 5.69 Å². The number of thiazole rings is 1. The summed E-state index contributed by atoms with van der Waals surface area (Å²) in [6.07, 6.45) is 0. The van der Waals surface area contributed by atoms with Crippen LogP contribution in [0, 0.1) is 13.8 Å². The molecule has 0 saturated heterocycles. The smallest absolute Gasteiger partial charge is 0.234 e. The van der Waals surface area contributed by atoms with Crippen LogP contribution in [-0.2, 0) is 10.2 Å². The van der Waals surface area contributed by atoms with Gasteiger partial charge in [0.25, 0.3) is 0 Å². The molecule has 1 amide bonds. The highest BCUT2D eigenvalue weighted by Crippen LogP contribution is 2.32. The SMILES string of the molecule is Cc1ccc(-n2c(SCC(=O)Nc3ccc(-c4nc5ccc(C)cc5s4)cc3)nnc2-c2ccc(C(C)(C)C)cc2)cc1. The van der Waals surface area contributed by atoms with Crippen molar-refractivity contribution in [3.05, 3.63) is 108 Å². The van der Waals surface area contributed by atoms with Gasteiger partial charge in [-0.2, -0.15) is 0 Å². The fourth-order valence-electron chi connectivity index (χ4n) is 4.77. The first-order valence-electron chi connectivity index (χ1n) is 14.2. The number of carbonyl (C=O) groups excluding carboxylic acids is 1. The Bertz CT molecular complexity index is 1900. The van der Waals surface area contributed by atoms with Gasteiger partial charge in [-0.3, -0.25) is 9.36 Å². The van der Waals surface area contributed by atoms with E-state index in [2.05, 4.69) is 117 Å². The molecule has 1 N–H and O–H groups in total. The molecule has 2 heterocycles. The number of hydrogen-bond acceptors (Lipinski definition) is 6. The Hall–Kier alpha value is -4.27. The van der Waals surface area contributed by atoms with E-state index in [4.69, 9.17) is 4.98 Å². The zero-order valence-electron chi connectivity index (χ0n) is 24.9. The molecule has 4 aromatic carbocycles. The number of aromatic nitrogens is 4. The molecule has 0 bridgehead atoms. The summed E-state index contributed by atoms with van der Waals surface area (Å²) in [4.78, 5) is 17.8. The van der Waals surface area contributed by atoms with Crippen LogP contribution in [0.1, 0.15) is 37.5 Å². The first-order chi connectivity index (χ1) is 20.6. The first-order valence-corrected chi connectivity index (χ1v) is 16.0. The second-order valence-corrected chi connectivity index (χ2v) is 13.7. The van der Waals surface area contributed by atoms with E-state index in [-0.39, 0.29) is 17.1 Å². The maximum Gasteiger partial charge on any atom is 0.234 e. The Kier molecular flexibility index (Phi) is 7.90. The topological polar surface area (TPSA) is 72.7 Å². The average Bonchev–Trinajstić information content (AvgIpc) is 3.61. The number of carbonyl (C=O) groups is 1. The molecule has 2 aromatic heterocycles. The van der Waals surface area contributed by atoms with Crippen LogP contribution in [-0.4, -0.2) is 31.4 Å². The Morgan fingerprint density at radius 1 is 0.837 bits per heavy atom. The van der Waals surface area contributed by atoms with Gasteiger partial charge in [-0.1, -0.05) is 80.6 Å². The van der Waals surface area contributed by atoms with Crippen LogP contribution in [0.25, 0.3) is 37.9 Å². The van der Waals surface area contributed by atoms with Gasteiger partial charge < -0.3 is 5.32 Å². The van der Waals surface area contributed by atoms with E-state index in [1.807, 2.05) is 28.8 Å². The number of fused-ring (bicyclic) bond motifs is 1. The van der Waals surface area contributed by atoms with E-state index in [9.17, 15) is 4.79 Å². The number of hydrogen-bond donors (Lipinski definition) is 1. The van der Waals surface area contributed by atoms with Crippen LogP contribution in [0.15, 0.2) is 96.2 Å². The van der Waals surface area contributed by atoms with Crippen molar-refractivity contribution in [3.8, 4) is 27.6 Å². The summed E-state index contributed by atoms with van der Waals surface area (Å²) in [5.74, 6) is 0.835. The number of nitrogens with one attached hydrogen (secondary N) is 1. The van der Waals surface area contributed by atoms with E-state index in [1.54, 1.807) is 11.3 Å². The van der Waals surface area contributed by atoms with Gasteiger partial charge in [-0.15, -0.1) is 21.5 Å². The van der Waals surface area contributed by atoms with Gasteiger partial charge in [0, 0.05) is 22.5 Å². The molecule has 0 saturated carbocycles. The van der Waals surface area contributed by atoms with Crippen LogP contribution < -0.4 is 5.32 Å². The van der Waals surface area contributed by atoms with Crippen molar-refractivity contribution in [3.63, 3.8) is 0 Å². The average molecular weight is 604 g/mol. The molecule has 0 aliphatic carbocycles. The first kappa shape index (κ1) is 28.8. The highest BCUT2D eigenvalue weighted by atomic mass is 32.2. The molecule has 0 aliphatic rings. The van der Waals surface area contributed by atoms with E-state index in [1.165, 1.54) is 33.2 Å². The summed E-state index contributed by atoms with van der Waals surface area (Å²) in [5, 5.41) is 13.7. The van der Waals surface area contributed by atoms with E-state index < -0.39 is 0 Å². The van der Waals surface area contributed by atoms with Crippen molar-refractivity contribution in [1.82, 2.24) is 19.7 Å². The lowest BCUT2D eigenvalue weighted by Gasteiger charge is -2.19. The van der Waals surface area contributed by atoms with Gasteiger partial charge in [0.2, 0.25) is 5.91 Å². The Labute approximate surface area is 260 Å². The second-order valence-electron chi connectivity index (χ2n) is 11.7. The molecular weight excluding hydrogens is 571 g/mol. The number of benzene rings is 4. The summed E-state index contributed by atoms with van der Waals surface area (Å²) in [6, 6.07) is 30.9. The van der Waals surface area contributed by atoms with E-state index >= 15 is 0 Å². The lowest BCUT2D eigenvalue weighted by Crippen LogP contribution is -2.14. The van der Waals surface area contributed by atoms with Crippen molar-refractivity contribution in [2.45, 2.75) is 45.2 Å². The molecule has 216 valence electrons. The monoisotopic (exact) mass is 603 g/mol. The zero-order chi connectivity index (χ0) is 30.1. The van der Waals surface area contributed by atoms with Crippen molar-refractivity contribution in [2.75, 3.05) is 11.1 Å². The van der Waals surface area contributed by atoms with Crippen molar-refractivity contribution in [2.24, 2.45) is 0 Å². The maximum absolute atomic E-state index is 13.0. The third-order valence-electron chi connectivity index (χ3n) is 7.23. The summed E-state index contributed by atoms with van der Waals surface area (Å²) in [5.41, 5.74) is 8.41. The quantitative estimate of drug-likeness (QED) is 0.185. The lowest BCUT2D eigenvalue weighted by molar-refractivity contribution is -0.113. The summed E-state index contributed by atoms with van der Waals surface area (Å²) in [7, 11) is 0. The molecular formula is C35H33N5OS2. The van der Waals surface area contributed by atoms with Crippen molar-refractivity contribution < 1.29 is 4.79 Å². The highest BCUT2D eigenvalue weighted by molar-refractivity contribution is 7.99. The number of nitrogens with zero attached hydrogens (tertiary/aromatic N) is 4. The molecule has 43 heavy (non-hydrogen) atoms. The van der Waals surface area contributed by atoms with Gasteiger partial charge in [-0.25, -0.2) is 4.98 Å². The van der Waals surface area contributed by atoms with Gasteiger partial charge in [0.05, 0.1) is 16.0 Å². The Morgan fingerprint density at radius 2 is 1.51 bits per heavy atom. The second kappa shape index (κ2) is 11.8. The molecule has 0 atom stereocenters. The number of rotatable bonds is 7. The molecule has 0 spiro atoms. The van der Waals surface area contributed by atoms with Gasteiger partial charge >= 0.3 is 0 Å². The van der Waals surface area contributed by atoms with E-state index in [0.717, 1.165) is 38.9 Å². The summed E-state index contributed by atoms with van der Waals surface area (Å²) in [6.45, 7) is 10.8. The molecule has 0 unspecified atom stereocenters. The van der Waals surface area contributed by atoms with Gasteiger partial charge in [0.1, 0.15) is 5.01 Å². The van der Waals surface area contributed by atoms with Crippen LogP contribution >= 0.6 is 23.1 Å². The number of aryl methyl sites for hydroxylation is 2. The Balaban J connectivity index is 1.18. The third kappa shape index (κ3) is 6.40. The predicted molar refractivity (Wildman–Crippen MR) is 179 cm³/mol. The largest absolute Gasteiger partial charge is 0.325 e. The van der Waals surface area contributed by atoms with Crippen molar-refractivity contribution >= 4 is 44.9 Å². The number of thioether (sulfide) groups is 1. The van der Waals surface area contributed by atoms with Crippen LogP contribution in [0.3, 0.4) is 0 Å². The molecule has 0 aliphatic heterocycles. The maximum atomic E-state index is 13.0. The molecule has 6 aromatic rings. The molecule has 0 radical (unpaired) electrons. The van der Waals surface area contributed by atoms with Crippen molar-refractivity contribution in [1.29, 1.82) is 0 Å². The zero-order valence-corrected chi connectivity index (χ0v) is 26.5. The summed E-state index contributed by atoms with van der Waals surface area (Å²) < 4.78 is 3.20. The molecule has 6 rings (SSSR count). The van der Waals surface area contributed by atoms with Gasteiger partial charge in [0.15, 0.2) is 11.0 Å². The number of amides is 1. The lowest BCUT2D eigenvalue weighted by atomic mass is 9.87. The fourth-order valence-corrected chi connectivity index (χ4v) is 6.60. The third-order valence-corrected chi connectivity index (χ3v) is 9.22. The molecule has 6 nitrogen and oxygen atoms in total. The van der Waals surface area contributed by atoms with E-state index in [0.29, 0.717) is 5.16 Å². The molecule has 0 fully saturated rings. The normalized spacial score (nSPS) is 11.7.